The second-order valence-corrected chi connectivity index (χ2v) is 5.00. The molecule has 2 atom stereocenters. The Kier molecular flexibility index (Phi) is 5.03. The minimum atomic E-state index is -6.17. The lowest BCUT2D eigenvalue weighted by atomic mass is 9.77. The van der Waals surface area contributed by atoms with Gasteiger partial charge in [-0.2, -0.15) is 35.1 Å². The Morgan fingerprint density at radius 3 is 1.57 bits per heavy atom. The molecule has 2 N–H and O–H groups in total. The van der Waals surface area contributed by atoms with Gasteiger partial charge < -0.3 is 10.2 Å². The highest BCUT2D eigenvalue weighted by molar-refractivity contribution is 5.32. The van der Waals surface area contributed by atoms with Crippen molar-refractivity contribution in [1.29, 1.82) is 0 Å². The van der Waals surface area contributed by atoms with E-state index in [1.807, 2.05) is 0 Å². The summed E-state index contributed by atoms with van der Waals surface area (Å²) in [5.41, 5.74) is -6.30. The van der Waals surface area contributed by atoms with Crippen LogP contribution in [0.5, 0.6) is 0 Å². The van der Waals surface area contributed by atoms with Gasteiger partial charge in [0, 0.05) is 12.5 Å². The molecule has 0 amide bonds. The van der Waals surface area contributed by atoms with Crippen molar-refractivity contribution in [2.75, 3.05) is 6.61 Å². The summed E-state index contributed by atoms with van der Waals surface area (Å²) < 4.78 is 103. The smallest absolute Gasteiger partial charge is 0.396 e. The SMILES string of the molecule is C[C@@H](CO)[C@](O)(c1ccc(C(F)(F)F)cc1)C(F)(F)C(F)(F)F. The molecule has 0 aliphatic rings. The molecule has 0 aliphatic heterocycles. The standard InChI is InChI=1S/C13H12F8O2/c1-7(6-22)10(23,12(17,18)13(19,20)21)8-2-4-9(5-3-8)11(14,15)16/h2-5,7,22-23H,6H2,1H3/t7-,10-/m0/s1. The summed E-state index contributed by atoms with van der Waals surface area (Å²) in [5.74, 6) is -7.70. The molecule has 0 fully saturated rings. The van der Waals surface area contributed by atoms with Crippen LogP contribution in [0.15, 0.2) is 24.3 Å². The van der Waals surface area contributed by atoms with E-state index < -0.39 is 47.5 Å². The Morgan fingerprint density at radius 2 is 1.26 bits per heavy atom. The highest BCUT2D eigenvalue weighted by atomic mass is 19.4. The van der Waals surface area contributed by atoms with Crippen molar-refractivity contribution in [3.8, 4) is 0 Å². The molecule has 2 nitrogen and oxygen atoms in total. The molecule has 0 aromatic heterocycles. The van der Waals surface area contributed by atoms with E-state index in [1.165, 1.54) is 0 Å². The number of aliphatic hydroxyl groups is 2. The second kappa shape index (κ2) is 5.90. The lowest BCUT2D eigenvalue weighted by Gasteiger charge is -2.40. The van der Waals surface area contributed by atoms with Gasteiger partial charge in [0.25, 0.3) is 0 Å². The zero-order valence-electron chi connectivity index (χ0n) is 11.5. The first-order valence-electron chi connectivity index (χ1n) is 6.15. The second-order valence-electron chi connectivity index (χ2n) is 5.00. The van der Waals surface area contributed by atoms with E-state index in [1.54, 1.807) is 0 Å². The molecule has 1 aromatic carbocycles. The Balaban J connectivity index is 3.50. The number of alkyl halides is 8. The largest absolute Gasteiger partial charge is 0.456 e. The number of halogens is 8. The molecule has 10 heteroatoms. The van der Waals surface area contributed by atoms with Crippen LogP contribution in [0.25, 0.3) is 0 Å². The molecule has 0 unspecified atom stereocenters. The highest BCUT2D eigenvalue weighted by Crippen LogP contribution is 2.52. The van der Waals surface area contributed by atoms with Crippen LogP contribution in [0.1, 0.15) is 18.1 Å². The van der Waals surface area contributed by atoms with Gasteiger partial charge in [-0.05, 0) is 17.7 Å². The Morgan fingerprint density at radius 1 is 0.870 bits per heavy atom. The quantitative estimate of drug-likeness (QED) is 0.811. The molecule has 0 spiro atoms. The van der Waals surface area contributed by atoms with E-state index in [0.29, 0.717) is 12.1 Å². The number of hydrogen-bond acceptors (Lipinski definition) is 2. The third-order valence-electron chi connectivity index (χ3n) is 3.47. The van der Waals surface area contributed by atoms with Gasteiger partial charge in [0.15, 0.2) is 5.60 Å². The van der Waals surface area contributed by atoms with Crippen LogP contribution in [-0.2, 0) is 11.8 Å². The number of hydrogen-bond donors (Lipinski definition) is 2. The van der Waals surface area contributed by atoms with Crippen LogP contribution in [-0.4, -0.2) is 28.9 Å². The summed E-state index contributed by atoms with van der Waals surface area (Å²) in [4.78, 5) is 0. The summed E-state index contributed by atoms with van der Waals surface area (Å²) in [6, 6.07) is 1.21. The molecular formula is C13H12F8O2. The molecular weight excluding hydrogens is 340 g/mol. The fraction of sp³-hybridized carbons (Fsp3) is 0.538. The third-order valence-corrected chi connectivity index (χ3v) is 3.47. The van der Waals surface area contributed by atoms with Gasteiger partial charge in [0.1, 0.15) is 0 Å². The Hall–Kier alpha value is -1.42. The van der Waals surface area contributed by atoms with Crippen molar-refractivity contribution in [3.63, 3.8) is 0 Å². The summed E-state index contributed by atoms with van der Waals surface area (Å²) in [6.07, 6.45) is -11.0. The molecule has 0 aliphatic carbocycles. The maximum absolute atomic E-state index is 13.7. The van der Waals surface area contributed by atoms with Crippen LogP contribution < -0.4 is 0 Å². The number of aliphatic hydroxyl groups excluding tert-OH is 1. The summed E-state index contributed by atoms with van der Waals surface area (Å²) in [6.45, 7) is -0.527. The zero-order chi connectivity index (χ0) is 18.3. The monoisotopic (exact) mass is 352 g/mol. The van der Waals surface area contributed by atoms with Gasteiger partial charge in [0.2, 0.25) is 0 Å². The number of benzene rings is 1. The zero-order valence-corrected chi connectivity index (χ0v) is 11.5. The van der Waals surface area contributed by atoms with Crippen molar-refractivity contribution in [3.05, 3.63) is 35.4 Å². The summed E-state index contributed by atoms with van der Waals surface area (Å²) >= 11 is 0. The molecule has 1 rings (SSSR count). The molecule has 0 heterocycles. The van der Waals surface area contributed by atoms with E-state index in [4.69, 9.17) is 5.11 Å². The Bertz CT molecular complexity index is 534. The maximum atomic E-state index is 13.7. The van der Waals surface area contributed by atoms with Gasteiger partial charge >= 0.3 is 18.3 Å². The molecule has 0 radical (unpaired) electrons. The molecule has 1 aromatic rings. The van der Waals surface area contributed by atoms with E-state index >= 15 is 0 Å². The van der Waals surface area contributed by atoms with Crippen molar-refractivity contribution in [2.45, 2.75) is 30.8 Å². The van der Waals surface area contributed by atoms with Crippen molar-refractivity contribution >= 4 is 0 Å². The van der Waals surface area contributed by atoms with Gasteiger partial charge in [-0.15, -0.1) is 0 Å². The van der Waals surface area contributed by atoms with Crippen LogP contribution in [0.4, 0.5) is 35.1 Å². The predicted octanol–water partition coefficient (Wildman–Crippen LogP) is 3.72. The first-order valence-corrected chi connectivity index (χ1v) is 6.15. The van der Waals surface area contributed by atoms with Crippen LogP contribution in [0.3, 0.4) is 0 Å². The summed E-state index contributed by atoms with van der Waals surface area (Å²) in [5, 5.41) is 18.9. The minimum absolute atomic E-state index is 0.275. The first kappa shape index (κ1) is 19.6. The lowest BCUT2D eigenvalue weighted by molar-refractivity contribution is -0.357. The average molecular weight is 352 g/mol. The molecule has 0 saturated heterocycles. The topological polar surface area (TPSA) is 40.5 Å². The first-order chi connectivity index (χ1) is 10.2. The van der Waals surface area contributed by atoms with E-state index in [2.05, 4.69) is 0 Å². The van der Waals surface area contributed by atoms with Gasteiger partial charge in [-0.3, -0.25) is 0 Å². The van der Waals surface area contributed by atoms with Crippen molar-refractivity contribution < 1.29 is 45.3 Å². The minimum Gasteiger partial charge on any atom is -0.396 e. The van der Waals surface area contributed by atoms with Crippen molar-refractivity contribution in [2.24, 2.45) is 5.92 Å². The molecule has 23 heavy (non-hydrogen) atoms. The normalized spacial score (nSPS) is 17.7. The molecule has 132 valence electrons. The lowest BCUT2D eigenvalue weighted by Crippen LogP contribution is -2.58. The van der Waals surface area contributed by atoms with E-state index in [9.17, 15) is 40.2 Å². The summed E-state index contributed by atoms with van der Waals surface area (Å²) in [7, 11) is 0. The van der Waals surface area contributed by atoms with Gasteiger partial charge in [0.05, 0.1) is 5.56 Å². The third kappa shape index (κ3) is 3.27. The average Bonchev–Trinajstić information content (AvgIpc) is 2.43. The van der Waals surface area contributed by atoms with E-state index in [-0.39, 0.29) is 12.1 Å². The molecule has 0 saturated carbocycles. The van der Waals surface area contributed by atoms with Gasteiger partial charge in [-0.1, -0.05) is 19.1 Å². The number of rotatable bonds is 4. The predicted molar refractivity (Wildman–Crippen MR) is 62.6 cm³/mol. The van der Waals surface area contributed by atoms with Gasteiger partial charge in [-0.25, -0.2) is 0 Å². The molecule has 0 bridgehead atoms. The Labute approximate surface area is 125 Å². The van der Waals surface area contributed by atoms with Crippen LogP contribution >= 0.6 is 0 Å². The maximum Gasteiger partial charge on any atom is 0.456 e. The van der Waals surface area contributed by atoms with Crippen LogP contribution in [0, 0.1) is 5.92 Å². The van der Waals surface area contributed by atoms with Crippen LogP contribution in [0.2, 0.25) is 0 Å². The van der Waals surface area contributed by atoms with E-state index in [0.717, 1.165) is 6.92 Å². The fourth-order valence-electron chi connectivity index (χ4n) is 2.04. The highest BCUT2D eigenvalue weighted by Gasteiger charge is 2.71. The van der Waals surface area contributed by atoms with Crippen molar-refractivity contribution in [1.82, 2.24) is 0 Å². The fourth-order valence-corrected chi connectivity index (χ4v) is 2.04.